The molecule has 78 valence electrons. The van der Waals surface area contributed by atoms with E-state index in [0.29, 0.717) is 18.3 Å². The minimum Gasteiger partial charge on any atom is -0.478 e. The third-order valence-electron chi connectivity index (χ3n) is 2.19. The molecule has 0 unspecified atom stereocenters. The number of furan rings is 1. The van der Waals surface area contributed by atoms with Gasteiger partial charge in [0.2, 0.25) is 0 Å². The van der Waals surface area contributed by atoms with Crippen LogP contribution in [0, 0.1) is 0 Å². The first-order valence-corrected chi connectivity index (χ1v) is 4.51. The lowest BCUT2D eigenvalue weighted by Crippen LogP contribution is -2.25. The fraction of sp³-hybridized carbons (Fsp3) is 0.500. The van der Waals surface area contributed by atoms with Crippen LogP contribution >= 0.6 is 0 Å². The first-order valence-electron chi connectivity index (χ1n) is 4.51. The van der Waals surface area contributed by atoms with Crippen molar-refractivity contribution >= 4 is 5.97 Å². The molecule has 14 heavy (non-hydrogen) atoms. The Labute approximate surface area is 83.1 Å². The number of carboxylic acid groups (broad SMARTS) is 1. The molecule has 0 spiro atoms. The van der Waals surface area contributed by atoms with Gasteiger partial charge in [-0.15, -0.1) is 0 Å². The molecule has 0 bridgehead atoms. The van der Waals surface area contributed by atoms with Gasteiger partial charge < -0.3 is 9.52 Å². The third-order valence-corrected chi connectivity index (χ3v) is 2.19. The monoisotopic (exact) mass is 197 g/mol. The number of carbonyl (C=O) groups is 1. The molecule has 0 saturated heterocycles. The van der Waals surface area contributed by atoms with Gasteiger partial charge in [0.25, 0.3) is 0 Å². The molecule has 0 radical (unpaired) electrons. The Morgan fingerprint density at radius 1 is 1.64 bits per heavy atom. The summed E-state index contributed by atoms with van der Waals surface area (Å²) in [5.41, 5.74) is 0.206. The van der Waals surface area contributed by atoms with E-state index >= 15 is 0 Å². The fourth-order valence-electron chi connectivity index (χ4n) is 1.00. The Morgan fingerprint density at radius 3 is 2.71 bits per heavy atom. The van der Waals surface area contributed by atoms with Crippen molar-refractivity contribution < 1.29 is 14.3 Å². The summed E-state index contributed by atoms with van der Waals surface area (Å²) in [5, 5.41) is 8.67. The molecule has 0 aliphatic heterocycles. The number of nitrogens with zero attached hydrogens (tertiary/aromatic N) is 1. The van der Waals surface area contributed by atoms with Crippen LogP contribution < -0.4 is 0 Å². The van der Waals surface area contributed by atoms with Gasteiger partial charge in [0, 0.05) is 6.04 Å². The minimum atomic E-state index is -0.952. The maximum absolute atomic E-state index is 10.6. The van der Waals surface area contributed by atoms with Crippen LogP contribution in [0.1, 0.15) is 30.0 Å². The van der Waals surface area contributed by atoms with E-state index in [4.69, 9.17) is 9.52 Å². The van der Waals surface area contributed by atoms with Crippen LogP contribution in [0.4, 0.5) is 0 Å². The van der Waals surface area contributed by atoms with E-state index in [0.717, 1.165) is 0 Å². The van der Waals surface area contributed by atoms with Crippen LogP contribution in [0.25, 0.3) is 0 Å². The van der Waals surface area contributed by atoms with Crippen molar-refractivity contribution in [3.05, 3.63) is 23.7 Å². The average Bonchev–Trinajstić information content (AvgIpc) is 2.52. The van der Waals surface area contributed by atoms with E-state index < -0.39 is 5.97 Å². The second kappa shape index (κ2) is 4.28. The van der Waals surface area contributed by atoms with Crippen LogP contribution in [0.3, 0.4) is 0 Å². The molecule has 1 rings (SSSR count). The third kappa shape index (κ3) is 2.60. The van der Waals surface area contributed by atoms with Crippen LogP contribution in [-0.2, 0) is 6.54 Å². The highest BCUT2D eigenvalue weighted by Crippen LogP contribution is 2.11. The average molecular weight is 197 g/mol. The molecular weight excluding hydrogens is 182 g/mol. The van der Waals surface area contributed by atoms with Gasteiger partial charge >= 0.3 is 5.97 Å². The van der Waals surface area contributed by atoms with Gasteiger partial charge in [-0.2, -0.15) is 0 Å². The lowest BCUT2D eigenvalue weighted by molar-refractivity contribution is 0.0696. The maximum atomic E-state index is 10.6. The Balaban J connectivity index is 2.64. The van der Waals surface area contributed by atoms with Crippen molar-refractivity contribution in [3.63, 3.8) is 0 Å². The smallest absolute Gasteiger partial charge is 0.338 e. The highest BCUT2D eigenvalue weighted by atomic mass is 16.4. The second-order valence-electron chi connectivity index (χ2n) is 3.62. The fourth-order valence-corrected chi connectivity index (χ4v) is 1.00. The maximum Gasteiger partial charge on any atom is 0.338 e. The molecule has 0 amide bonds. The highest BCUT2D eigenvalue weighted by Gasteiger charge is 2.11. The largest absolute Gasteiger partial charge is 0.478 e. The molecule has 0 atom stereocenters. The molecule has 0 fully saturated rings. The van der Waals surface area contributed by atoms with Crippen molar-refractivity contribution in [1.82, 2.24) is 4.90 Å². The van der Waals surface area contributed by atoms with E-state index in [2.05, 4.69) is 18.7 Å². The molecule has 4 heteroatoms. The Kier molecular flexibility index (Phi) is 3.30. The topological polar surface area (TPSA) is 53.7 Å². The van der Waals surface area contributed by atoms with Gasteiger partial charge in [0.05, 0.1) is 12.1 Å². The number of carboxylic acids is 1. The lowest BCUT2D eigenvalue weighted by atomic mass is 10.3. The summed E-state index contributed by atoms with van der Waals surface area (Å²) in [4.78, 5) is 12.6. The number of rotatable bonds is 4. The molecule has 0 aromatic carbocycles. The van der Waals surface area contributed by atoms with E-state index in [9.17, 15) is 4.79 Å². The molecule has 1 N–H and O–H groups in total. The summed E-state index contributed by atoms with van der Waals surface area (Å²) in [5.74, 6) is -0.272. The van der Waals surface area contributed by atoms with Crippen LogP contribution in [-0.4, -0.2) is 29.1 Å². The van der Waals surface area contributed by atoms with Crippen molar-refractivity contribution in [2.45, 2.75) is 26.4 Å². The molecular formula is C10H15NO3. The Hall–Kier alpha value is -1.29. The van der Waals surface area contributed by atoms with Crippen LogP contribution in [0.5, 0.6) is 0 Å². The second-order valence-corrected chi connectivity index (χ2v) is 3.62. The molecule has 0 aliphatic rings. The predicted octanol–water partition coefficient (Wildman–Crippen LogP) is 1.82. The quantitative estimate of drug-likeness (QED) is 0.799. The van der Waals surface area contributed by atoms with E-state index in [1.54, 1.807) is 6.07 Å². The zero-order valence-electron chi connectivity index (χ0n) is 8.65. The van der Waals surface area contributed by atoms with Crippen LogP contribution in [0.2, 0.25) is 0 Å². The van der Waals surface area contributed by atoms with Crippen molar-refractivity contribution in [1.29, 1.82) is 0 Å². The molecule has 4 nitrogen and oxygen atoms in total. The Bertz CT molecular complexity index is 317. The summed E-state index contributed by atoms with van der Waals surface area (Å²) < 4.78 is 5.12. The van der Waals surface area contributed by atoms with E-state index in [-0.39, 0.29) is 5.56 Å². The highest BCUT2D eigenvalue weighted by molar-refractivity contribution is 5.87. The summed E-state index contributed by atoms with van der Waals surface area (Å²) in [6.07, 6.45) is 1.27. The van der Waals surface area contributed by atoms with E-state index in [1.807, 2.05) is 7.05 Å². The molecule has 1 aromatic heterocycles. The van der Waals surface area contributed by atoms with Crippen molar-refractivity contribution in [2.75, 3.05) is 7.05 Å². The van der Waals surface area contributed by atoms with Gasteiger partial charge in [-0.3, -0.25) is 4.90 Å². The standard InChI is InChI=1S/C10H15NO3/c1-7(2)11(3)5-9-4-8(6-14-9)10(12)13/h4,6-7H,5H2,1-3H3,(H,12,13). The Morgan fingerprint density at radius 2 is 2.29 bits per heavy atom. The molecule has 1 aromatic rings. The zero-order valence-corrected chi connectivity index (χ0v) is 8.65. The van der Waals surface area contributed by atoms with Gasteiger partial charge in [-0.05, 0) is 27.0 Å². The molecule has 0 aliphatic carbocycles. The van der Waals surface area contributed by atoms with Crippen molar-refractivity contribution in [2.24, 2.45) is 0 Å². The zero-order chi connectivity index (χ0) is 10.7. The first kappa shape index (κ1) is 10.8. The predicted molar refractivity (Wildman–Crippen MR) is 52.3 cm³/mol. The number of hydrogen-bond acceptors (Lipinski definition) is 3. The SMILES string of the molecule is CC(C)N(C)Cc1cc(C(=O)O)co1. The number of hydrogen-bond donors (Lipinski definition) is 1. The normalized spacial score (nSPS) is 11.2. The summed E-state index contributed by atoms with van der Waals surface area (Å²) in [6, 6.07) is 1.97. The minimum absolute atomic E-state index is 0.206. The van der Waals surface area contributed by atoms with E-state index in [1.165, 1.54) is 6.26 Å². The lowest BCUT2D eigenvalue weighted by Gasteiger charge is -2.19. The van der Waals surface area contributed by atoms with Crippen LogP contribution in [0.15, 0.2) is 16.7 Å². The molecule has 1 heterocycles. The van der Waals surface area contributed by atoms with Crippen molar-refractivity contribution in [3.8, 4) is 0 Å². The number of aromatic carboxylic acids is 1. The summed E-state index contributed by atoms with van der Waals surface area (Å²) >= 11 is 0. The van der Waals surface area contributed by atoms with Gasteiger partial charge in [-0.1, -0.05) is 0 Å². The van der Waals surface area contributed by atoms with Gasteiger partial charge in [0.15, 0.2) is 0 Å². The summed E-state index contributed by atoms with van der Waals surface area (Å²) in [7, 11) is 1.97. The summed E-state index contributed by atoms with van der Waals surface area (Å²) in [6.45, 7) is 4.77. The van der Waals surface area contributed by atoms with Gasteiger partial charge in [0.1, 0.15) is 12.0 Å². The first-order chi connectivity index (χ1) is 6.50. The van der Waals surface area contributed by atoms with Gasteiger partial charge in [-0.25, -0.2) is 4.79 Å². The molecule has 0 saturated carbocycles.